The summed E-state index contributed by atoms with van der Waals surface area (Å²) in [6, 6.07) is 3.26. The largest absolute Gasteiger partial charge is 0.396 e. The van der Waals surface area contributed by atoms with Gasteiger partial charge in [-0.25, -0.2) is 8.78 Å². The van der Waals surface area contributed by atoms with Gasteiger partial charge in [0.15, 0.2) is 0 Å². The first kappa shape index (κ1) is 14.0. The van der Waals surface area contributed by atoms with E-state index in [1.54, 1.807) is 7.05 Å². The van der Waals surface area contributed by atoms with Gasteiger partial charge in [-0.1, -0.05) is 0 Å². The molecular formula is C13H14F2N4O. The maximum Gasteiger partial charge on any atom is 0.271 e. The smallest absolute Gasteiger partial charge is 0.271 e. The van der Waals surface area contributed by atoms with Gasteiger partial charge < -0.3 is 11.1 Å². The van der Waals surface area contributed by atoms with Crippen molar-refractivity contribution < 1.29 is 13.6 Å². The third kappa shape index (κ3) is 3.11. The molecule has 0 atom stereocenters. The molecule has 1 aromatic heterocycles. The van der Waals surface area contributed by atoms with Crippen LogP contribution in [0.15, 0.2) is 24.4 Å². The lowest BCUT2D eigenvalue weighted by Gasteiger charge is -2.07. The Labute approximate surface area is 114 Å². The topological polar surface area (TPSA) is 72.9 Å². The van der Waals surface area contributed by atoms with Crippen LogP contribution in [0.5, 0.6) is 0 Å². The fourth-order valence-electron chi connectivity index (χ4n) is 1.89. The molecule has 7 heteroatoms. The fraction of sp³-hybridized carbons (Fsp3) is 0.231. The lowest BCUT2D eigenvalue weighted by Crippen LogP contribution is -2.28. The molecule has 0 unspecified atom stereocenters. The van der Waals surface area contributed by atoms with Crippen molar-refractivity contribution in [3.05, 3.63) is 47.3 Å². The van der Waals surface area contributed by atoms with Crippen molar-refractivity contribution in [1.82, 2.24) is 15.1 Å². The number of nitrogens with one attached hydrogen (secondary N) is 1. The molecule has 1 heterocycles. The summed E-state index contributed by atoms with van der Waals surface area (Å²) in [4.78, 5) is 11.9. The SMILES string of the molecule is Cn1ncc(N)c1C(=O)NCCc1cc(F)cc(F)c1. The molecule has 0 fully saturated rings. The summed E-state index contributed by atoms with van der Waals surface area (Å²) in [7, 11) is 1.60. The highest BCUT2D eigenvalue weighted by atomic mass is 19.1. The number of aromatic nitrogens is 2. The molecule has 1 amide bonds. The van der Waals surface area contributed by atoms with Gasteiger partial charge in [0.2, 0.25) is 0 Å². The quantitative estimate of drug-likeness (QED) is 0.885. The van der Waals surface area contributed by atoms with E-state index in [2.05, 4.69) is 10.4 Å². The number of amides is 1. The van der Waals surface area contributed by atoms with Crippen LogP contribution in [0, 0.1) is 11.6 Å². The van der Waals surface area contributed by atoms with Crippen LogP contribution in [0.3, 0.4) is 0 Å². The number of nitrogens with two attached hydrogens (primary N) is 1. The summed E-state index contributed by atoms with van der Waals surface area (Å²) in [5, 5.41) is 6.49. The summed E-state index contributed by atoms with van der Waals surface area (Å²) >= 11 is 0. The van der Waals surface area contributed by atoms with Crippen LogP contribution in [0.25, 0.3) is 0 Å². The number of carbonyl (C=O) groups is 1. The minimum absolute atomic E-state index is 0.242. The van der Waals surface area contributed by atoms with E-state index in [4.69, 9.17) is 5.73 Å². The van der Waals surface area contributed by atoms with Crippen LogP contribution >= 0.6 is 0 Å². The summed E-state index contributed by atoms with van der Waals surface area (Å²) in [5.41, 5.74) is 6.63. The van der Waals surface area contributed by atoms with E-state index in [0.29, 0.717) is 12.0 Å². The Morgan fingerprint density at radius 2 is 2.00 bits per heavy atom. The fourth-order valence-corrected chi connectivity index (χ4v) is 1.89. The van der Waals surface area contributed by atoms with Gasteiger partial charge in [0.1, 0.15) is 17.3 Å². The van der Waals surface area contributed by atoms with Crippen LogP contribution < -0.4 is 11.1 Å². The van der Waals surface area contributed by atoms with Gasteiger partial charge in [0.05, 0.1) is 11.9 Å². The molecule has 2 aromatic rings. The van der Waals surface area contributed by atoms with Crippen molar-refractivity contribution in [2.75, 3.05) is 12.3 Å². The Balaban J connectivity index is 1.94. The van der Waals surface area contributed by atoms with E-state index in [1.165, 1.54) is 23.0 Å². The average Bonchev–Trinajstić information content (AvgIpc) is 2.67. The summed E-state index contributed by atoms with van der Waals surface area (Å²) in [6.45, 7) is 0.242. The zero-order valence-corrected chi connectivity index (χ0v) is 10.9. The number of hydrogen-bond donors (Lipinski definition) is 2. The number of anilines is 1. The zero-order chi connectivity index (χ0) is 14.7. The van der Waals surface area contributed by atoms with Crippen LogP contribution in [0.1, 0.15) is 16.1 Å². The number of rotatable bonds is 4. The molecular weight excluding hydrogens is 266 g/mol. The van der Waals surface area contributed by atoms with Crippen molar-refractivity contribution in [1.29, 1.82) is 0 Å². The van der Waals surface area contributed by atoms with Gasteiger partial charge in [-0.2, -0.15) is 5.10 Å². The van der Waals surface area contributed by atoms with Gasteiger partial charge in [0, 0.05) is 19.7 Å². The predicted octanol–water partition coefficient (Wildman–Crippen LogP) is 1.25. The monoisotopic (exact) mass is 280 g/mol. The number of nitrogens with zero attached hydrogens (tertiary/aromatic N) is 2. The predicted molar refractivity (Wildman–Crippen MR) is 70.0 cm³/mol. The van der Waals surface area contributed by atoms with Gasteiger partial charge in [-0.05, 0) is 24.1 Å². The number of hydrogen-bond acceptors (Lipinski definition) is 3. The van der Waals surface area contributed by atoms with E-state index < -0.39 is 11.6 Å². The molecule has 5 nitrogen and oxygen atoms in total. The molecule has 0 aliphatic carbocycles. The van der Waals surface area contributed by atoms with Crippen LogP contribution in [0.4, 0.5) is 14.5 Å². The molecule has 0 spiro atoms. The Morgan fingerprint density at radius 3 is 2.55 bits per heavy atom. The first-order valence-corrected chi connectivity index (χ1v) is 5.98. The highest BCUT2D eigenvalue weighted by molar-refractivity contribution is 5.97. The second-order valence-electron chi connectivity index (χ2n) is 4.36. The van der Waals surface area contributed by atoms with Gasteiger partial charge in [0.25, 0.3) is 5.91 Å². The number of halogens is 2. The first-order chi connectivity index (χ1) is 9.47. The van der Waals surface area contributed by atoms with Gasteiger partial charge >= 0.3 is 0 Å². The van der Waals surface area contributed by atoms with E-state index >= 15 is 0 Å². The number of aryl methyl sites for hydroxylation is 1. The van der Waals surface area contributed by atoms with Crippen molar-refractivity contribution >= 4 is 11.6 Å². The van der Waals surface area contributed by atoms with Crippen LogP contribution in [0.2, 0.25) is 0 Å². The molecule has 106 valence electrons. The van der Waals surface area contributed by atoms with Crippen molar-refractivity contribution in [2.24, 2.45) is 7.05 Å². The number of carbonyl (C=O) groups excluding carboxylic acids is 1. The molecule has 0 saturated heterocycles. The standard InChI is InChI=1S/C13H14F2N4O/c1-19-12(11(16)7-18-19)13(20)17-3-2-8-4-9(14)6-10(15)5-8/h4-7H,2-3,16H2,1H3,(H,17,20). The number of nitrogen functional groups attached to an aromatic ring is 1. The molecule has 1 aromatic carbocycles. The van der Waals surface area contributed by atoms with Gasteiger partial charge in [-0.3, -0.25) is 9.48 Å². The molecule has 20 heavy (non-hydrogen) atoms. The molecule has 3 N–H and O–H groups in total. The molecule has 0 saturated carbocycles. The van der Waals surface area contributed by atoms with Gasteiger partial charge in [-0.15, -0.1) is 0 Å². The maximum atomic E-state index is 13.0. The highest BCUT2D eigenvalue weighted by Gasteiger charge is 2.14. The molecule has 0 aliphatic heterocycles. The second kappa shape index (κ2) is 5.68. The molecule has 0 radical (unpaired) electrons. The Kier molecular flexibility index (Phi) is 3.97. The summed E-state index contributed by atoms with van der Waals surface area (Å²) in [5.74, 6) is -1.65. The maximum absolute atomic E-state index is 13.0. The minimum Gasteiger partial charge on any atom is -0.396 e. The van der Waals surface area contributed by atoms with Crippen molar-refractivity contribution in [3.63, 3.8) is 0 Å². The molecule has 0 bridgehead atoms. The number of benzene rings is 1. The normalized spacial score (nSPS) is 10.6. The van der Waals surface area contributed by atoms with E-state index in [9.17, 15) is 13.6 Å². The second-order valence-corrected chi connectivity index (χ2v) is 4.36. The Morgan fingerprint density at radius 1 is 1.35 bits per heavy atom. The Bertz CT molecular complexity index is 600. The van der Waals surface area contributed by atoms with Crippen molar-refractivity contribution in [3.8, 4) is 0 Å². The lowest BCUT2D eigenvalue weighted by molar-refractivity contribution is 0.0945. The molecule has 2 rings (SSSR count). The van der Waals surface area contributed by atoms with Crippen LogP contribution in [-0.4, -0.2) is 22.2 Å². The van der Waals surface area contributed by atoms with E-state index in [1.807, 2.05) is 0 Å². The third-order valence-electron chi connectivity index (χ3n) is 2.80. The highest BCUT2D eigenvalue weighted by Crippen LogP contribution is 2.10. The molecule has 0 aliphatic rings. The average molecular weight is 280 g/mol. The summed E-state index contributed by atoms with van der Waals surface area (Å²) in [6.07, 6.45) is 1.70. The van der Waals surface area contributed by atoms with Crippen molar-refractivity contribution in [2.45, 2.75) is 6.42 Å². The Hall–Kier alpha value is -2.44. The third-order valence-corrected chi connectivity index (χ3v) is 2.80. The minimum atomic E-state index is -0.637. The lowest BCUT2D eigenvalue weighted by atomic mass is 10.1. The first-order valence-electron chi connectivity index (χ1n) is 5.98. The zero-order valence-electron chi connectivity index (χ0n) is 10.9. The van der Waals surface area contributed by atoms with E-state index in [0.717, 1.165) is 6.07 Å². The van der Waals surface area contributed by atoms with E-state index in [-0.39, 0.29) is 23.8 Å². The van der Waals surface area contributed by atoms with Crippen LogP contribution in [-0.2, 0) is 13.5 Å². The summed E-state index contributed by atoms with van der Waals surface area (Å²) < 4.78 is 27.3.